The van der Waals surface area contributed by atoms with Crippen LogP contribution in [0.5, 0.6) is 0 Å². The Labute approximate surface area is 137 Å². The third kappa shape index (κ3) is 4.96. The van der Waals surface area contributed by atoms with Crippen LogP contribution < -0.4 is 15.5 Å². The predicted octanol–water partition coefficient (Wildman–Crippen LogP) is 0.750. The fourth-order valence-corrected chi connectivity index (χ4v) is 2.34. The zero-order chi connectivity index (χ0) is 17.0. The number of hydrogen-bond acceptors (Lipinski definition) is 4. The lowest BCUT2D eigenvalue weighted by Crippen LogP contribution is -2.43. The minimum atomic E-state index is -0.561. The molecule has 1 fully saturated rings. The molecule has 23 heavy (non-hydrogen) atoms. The molecule has 0 radical (unpaired) electrons. The average Bonchev–Trinajstić information content (AvgIpc) is 3.31. The maximum absolute atomic E-state index is 11.9. The second-order valence-electron chi connectivity index (χ2n) is 6.42. The molecule has 0 spiro atoms. The zero-order valence-corrected chi connectivity index (χ0v) is 14.3. The van der Waals surface area contributed by atoms with Crippen LogP contribution in [-0.4, -0.2) is 57.5 Å². The van der Waals surface area contributed by atoms with Crippen LogP contribution >= 0.6 is 0 Å². The smallest absolute Gasteiger partial charge is 0.309 e. The second kappa shape index (κ2) is 7.46. The number of likely N-dealkylation sites (N-methyl/N-ethyl adjacent to an activating group) is 1. The molecule has 0 unspecified atom stereocenters. The lowest BCUT2D eigenvalue weighted by molar-refractivity contribution is -0.139. The van der Waals surface area contributed by atoms with Crippen molar-refractivity contribution in [2.45, 2.75) is 24.9 Å². The highest BCUT2D eigenvalue weighted by Crippen LogP contribution is 2.21. The fraction of sp³-hybridized carbons (Fsp3) is 0.529. The van der Waals surface area contributed by atoms with Gasteiger partial charge in [0.15, 0.2) is 0 Å². The first-order chi connectivity index (χ1) is 10.9. The molecule has 0 aromatic heterocycles. The summed E-state index contributed by atoms with van der Waals surface area (Å²) in [5.41, 5.74) is 2.22. The monoisotopic (exact) mass is 318 g/mol. The fourth-order valence-electron chi connectivity index (χ4n) is 2.34. The molecule has 126 valence electrons. The molecule has 0 aliphatic heterocycles. The molecule has 2 rings (SSSR count). The van der Waals surface area contributed by atoms with Crippen molar-refractivity contribution in [3.63, 3.8) is 0 Å². The van der Waals surface area contributed by atoms with Crippen molar-refractivity contribution in [3.05, 3.63) is 29.8 Å². The summed E-state index contributed by atoms with van der Waals surface area (Å²) in [6, 6.07) is 8.41. The summed E-state index contributed by atoms with van der Waals surface area (Å²) in [6.45, 7) is 0.394. The molecule has 0 heterocycles. The number of rotatable bonds is 6. The third-order valence-corrected chi connectivity index (χ3v) is 3.99. The molecule has 0 saturated heterocycles. The molecule has 1 aromatic carbocycles. The summed E-state index contributed by atoms with van der Waals surface area (Å²) >= 11 is 0. The standard InChI is InChI=1S/C17H26N4O2/c1-20(2)14-9-5-12(6-10-14)15(21(3)4)11-18-16(22)17(23)19-13-7-8-13/h5-6,9-10,13,15H,7-8,11H2,1-4H3,(H,18,22)(H,19,23)/t15-/m0/s1. The number of benzene rings is 1. The molecule has 1 atom stereocenters. The highest BCUT2D eigenvalue weighted by atomic mass is 16.2. The van der Waals surface area contributed by atoms with Gasteiger partial charge in [-0.15, -0.1) is 0 Å². The van der Waals surface area contributed by atoms with Gasteiger partial charge in [-0.1, -0.05) is 12.1 Å². The van der Waals surface area contributed by atoms with E-state index in [9.17, 15) is 9.59 Å². The summed E-state index contributed by atoms with van der Waals surface area (Å²) in [5.74, 6) is -1.10. The number of nitrogens with zero attached hydrogens (tertiary/aromatic N) is 2. The van der Waals surface area contributed by atoms with Gasteiger partial charge in [0.05, 0.1) is 6.04 Å². The van der Waals surface area contributed by atoms with E-state index in [-0.39, 0.29) is 12.1 Å². The van der Waals surface area contributed by atoms with Gasteiger partial charge in [0.1, 0.15) is 0 Å². The Hall–Kier alpha value is -2.08. The molecule has 1 saturated carbocycles. The zero-order valence-electron chi connectivity index (χ0n) is 14.3. The van der Waals surface area contributed by atoms with Crippen molar-refractivity contribution in [1.82, 2.24) is 15.5 Å². The molecule has 2 N–H and O–H groups in total. The Morgan fingerprint density at radius 1 is 1.09 bits per heavy atom. The van der Waals surface area contributed by atoms with E-state index in [2.05, 4.69) is 22.8 Å². The van der Waals surface area contributed by atoms with Crippen molar-refractivity contribution < 1.29 is 9.59 Å². The van der Waals surface area contributed by atoms with Crippen LogP contribution in [0, 0.1) is 0 Å². The summed E-state index contributed by atoms with van der Waals surface area (Å²) < 4.78 is 0. The number of anilines is 1. The minimum Gasteiger partial charge on any atom is -0.378 e. The molecule has 1 aliphatic rings. The SMILES string of the molecule is CN(C)c1ccc([C@H](CNC(=O)C(=O)NC2CC2)N(C)C)cc1. The molecule has 6 nitrogen and oxygen atoms in total. The lowest BCUT2D eigenvalue weighted by Gasteiger charge is -2.25. The highest BCUT2D eigenvalue weighted by molar-refractivity contribution is 6.35. The second-order valence-corrected chi connectivity index (χ2v) is 6.42. The van der Waals surface area contributed by atoms with Crippen molar-refractivity contribution in [2.75, 3.05) is 39.6 Å². The van der Waals surface area contributed by atoms with Crippen LogP contribution in [0.3, 0.4) is 0 Å². The predicted molar refractivity (Wildman–Crippen MR) is 91.4 cm³/mol. The van der Waals surface area contributed by atoms with Crippen molar-refractivity contribution in [2.24, 2.45) is 0 Å². The number of nitrogens with one attached hydrogen (secondary N) is 2. The normalized spacial score (nSPS) is 15.2. The van der Waals surface area contributed by atoms with Crippen molar-refractivity contribution >= 4 is 17.5 Å². The Kier molecular flexibility index (Phi) is 5.60. The van der Waals surface area contributed by atoms with Gasteiger partial charge in [-0.05, 0) is 44.6 Å². The molecular weight excluding hydrogens is 292 g/mol. The quantitative estimate of drug-likeness (QED) is 0.760. The van der Waals surface area contributed by atoms with Gasteiger partial charge in [0.25, 0.3) is 0 Å². The third-order valence-electron chi connectivity index (χ3n) is 3.99. The Morgan fingerprint density at radius 2 is 1.70 bits per heavy atom. The number of hydrogen-bond donors (Lipinski definition) is 2. The lowest BCUT2D eigenvalue weighted by atomic mass is 10.1. The molecule has 0 bridgehead atoms. The molecular formula is C17H26N4O2. The summed E-state index contributed by atoms with van der Waals surface area (Å²) in [5, 5.41) is 5.43. The van der Waals surface area contributed by atoms with Gasteiger partial charge in [-0.2, -0.15) is 0 Å². The van der Waals surface area contributed by atoms with Gasteiger partial charge < -0.3 is 20.4 Å². The first-order valence-corrected chi connectivity index (χ1v) is 7.91. The first kappa shape index (κ1) is 17.3. The van der Waals surface area contributed by atoms with Crippen LogP contribution in [0.1, 0.15) is 24.4 Å². The van der Waals surface area contributed by atoms with Crippen LogP contribution in [-0.2, 0) is 9.59 Å². The number of carbonyl (C=O) groups is 2. The van der Waals surface area contributed by atoms with E-state index in [0.717, 1.165) is 24.1 Å². The van der Waals surface area contributed by atoms with E-state index in [0.29, 0.717) is 6.54 Å². The maximum atomic E-state index is 11.9. The molecule has 1 aromatic rings. The van der Waals surface area contributed by atoms with E-state index >= 15 is 0 Å². The van der Waals surface area contributed by atoms with Gasteiger partial charge >= 0.3 is 11.8 Å². The first-order valence-electron chi connectivity index (χ1n) is 7.91. The summed E-state index contributed by atoms with van der Waals surface area (Å²) in [4.78, 5) is 27.6. The summed E-state index contributed by atoms with van der Waals surface area (Å²) in [6.07, 6.45) is 1.94. The van der Waals surface area contributed by atoms with Crippen molar-refractivity contribution in [1.29, 1.82) is 0 Å². The number of amides is 2. The van der Waals surface area contributed by atoms with Gasteiger partial charge in [-0.25, -0.2) is 0 Å². The van der Waals surface area contributed by atoms with Gasteiger partial charge in [-0.3, -0.25) is 9.59 Å². The van der Waals surface area contributed by atoms with Gasteiger partial charge in [0, 0.05) is 32.4 Å². The van der Waals surface area contributed by atoms with Crippen LogP contribution in [0.15, 0.2) is 24.3 Å². The summed E-state index contributed by atoms with van der Waals surface area (Å²) in [7, 11) is 7.91. The van der Waals surface area contributed by atoms with E-state index in [1.54, 1.807) is 0 Å². The van der Waals surface area contributed by atoms with E-state index in [4.69, 9.17) is 0 Å². The van der Waals surface area contributed by atoms with Crippen LogP contribution in [0.2, 0.25) is 0 Å². The Bertz CT molecular complexity index is 550. The number of carbonyl (C=O) groups excluding carboxylic acids is 2. The van der Waals surface area contributed by atoms with E-state index in [1.807, 2.05) is 50.1 Å². The van der Waals surface area contributed by atoms with E-state index < -0.39 is 11.8 Å². The average molecular weight is 318 g/mol. The molecule has 1 aliphatic carbocycles. The largest absolute Gasteiger partial charge is 0.378 e. The van der Waals surface area contributed by atoms with E-state index in [1.165, 1.54) is 0 Å². The highest BCUT2D eigenvalue weighted by Gasteiger charge is 2.26. The Morgan fingerprint density at radius 3 is 2.17 bits per heavy atom. The molecule has 6 heteroatoms. The van der Waals surface area contributed by atoms with Crippen LogP contribution in [0.4, 0.5) is 5.69 Å². The minimum absolute atomic E-state index is 0.0175. The topological polar surface area (TPSA) is 64.7 Å². The van der Waals surface area contributed by atoms with Gasteiger partial charge in [0.2, 0.25) is 0 Å². The maximum Gasteiger partial charge on any atom is 0.309 e. The molecule has 2 amide bonds. The Balaban J connectivity index is 1.95. The van der Waals surface area contributed by atoms with Crippen LogP contribution in [0.25, 0.3) is 0 Å². The van der Waals surface area contributed by atoms with Crippen molar-refractivity contribution in [3.8, 4) is 0 Å².